The van der Waals surface area contributed by atoms with Gasteiger partial charge in [0.1, 0.15) is 6.29 Å². The van der Waals surface area contributed by atoms with E-state index in [1.54, 1.807) is 0 Å². The summed E-state index contributed by atoms with van der Waals surface area (Å²) in [5.74, 6) is 0. The normalized spacial score (nSPS) is 19.5. The second-order valence-electron chi connectivity index (χ2n) is 1.38. The zero-order chi connectivity index (χ0) is 5.28. The van der Waals surface area contributed by atoms with E-state index < -0.39 is 13.9 Å². The average Bonchev–Trinajstić information content (AvgIpc) is 1.58. The summed E-state index contributed by atoms with van der Waals surface area (Å²) in [5, 5.41) is 0. The van der Waals surface area contributed by atoms with Crippen molar-refractivity contribution < 1.29 is 13.1 Å². The molecule has 0 aromatic heterocycles. The van der Waals surface area contributed by atoms with Gasteiger partial charge >= 0.3 is 13.9 Å². The van der Waals surface area contributed by atoms with Gasteiger partial charge in [0.05, 0.1) is 0 Å². The van der Waals surface area contributed by atoms with Crippen LogP contribution in [0.3, 0.4) is 0 Å². The van der Waals surface area contributed by atoms with Crippen LogP contribution in [0.25, 0.3) is 0 Å². The molecule has 1 fully saturated rings. The summed E-state index contributed by atoms with van der Waals surface area (Å²) >= 11 is -1.57. The van der Waals surface area contributed by atoms with Gasteiger partial charge in [-0.2, -0.15) is 10.0 Å². The first-order valence-corrected chi connectivity index (χ1v) is 4.96. The second kappa shape index (κ2) is 3.68. The number of hydrogen-bond acceptors (Lipinski definition) is 2. The van der Waals surface area contributed by atoms with Crippen LogP contribution in [0.1, 0.15) is 13.3 Å². The first-order valence-electron chi connectivity index (χ1n) is 2.28. The maximum Gasteiger partial charge on any atom is 0.816 e. The Morgan fingerprint density at radius 1 is 1.62 bits per heavy atom. The zero-order valence-electron chi connectivity index (χ0n) is 4.56. The molecule has 0 atom stereocenters. The Bertz CT molecular complexity index is 65.5. The highest BCUT2D eigenvalue weighted by Crippen LogP contribution is 2.17. The summed E-state index contributed by atoms with van der Waals surface area (Å²) in [6.45, 7) is 2.00. The molecule has 1 aliphatic heterocycles. The summed E-state index contributed by atoms with van der Waals surface area (Å²) in [7, 11) is 5.42. The molecule has 0 aromatic rings. The molecule has 1 rings (SSSR count). The number of halogens is 1. The van der Waals surface area contributed by atoms with Gasteiger partial charge in [0.25, 0.3) is 0 Å². The molecule has 0 aliphatic carbocycles. The van der Waals surface area contributed by atoms with Crippen molar-refractivity contribution in [3.63, 3.8) is 0 Å². The molecule has 0 amide bonds. The third-order valence-electron chi connectivity index (χ3n) is 0.851. The Morgan fingerprint density at radius 3 is 2.25 bits per heavy atom. The van der Waals surface area contributed by atoms with Crippen LogP contribution in [0.4, 0.5) is 0 Å². The third kappa shape index (κ3) is 1.90. The summed E-state index contributed by atoms with van der Waals surface area (Å²) in [4.78, 5) is 0. The molecule has 1 aliphatic rings. The lowest BCUT2D eigenvalue weighted by atomic mass is 10.5. The van der Waals surface area contributed by atoms with Crippen LogP contribution in [0, 0.1) is 0 Å². The van der Waals surface area contributed by atoms with Crippen LogP contribution >= 0.6 is 10.0 Å². The third-order valence-corrected chi connectivity index (χ3v) is 2.50. The van der Waals surface area contributed by atoms with E-state index in [1.165, 1.54) is 0 Å². The Hall–Kier alpha value is 0.702. The van der Waals surface area contributed by atoms with Crippen molar-refractivity contribution in [1.29, 1.82) is 0 Å². The van der Waals surface area contributed by atoms with Gasteiger partial charge in [-0.25, -0.2) is 0 Å². The van der Waals surface area contributed by atoms with Gasteiger partial charge in [-0.05, 0) is 6.42 Å². The first kappa shape index (κ1) is 8.70. The van der Waals surface area contributed by atoms with E-state index >= 15 is 0 Å². The Kier molecular flexibility index (Phi) is 4.00. The molecule has 3 nitrogen and oxygen atoms in total. The molecule has 1 heterocycles. The fourth-order valence-electron chi connectivity index (χ4n) is 0.441. The van der Waals surface area contributed by atoms with Crippen molar-refractivity contribution in [2.45, 2.75) is 19.6 Å². The molecule has 0 radical (unpaired) electrons. The fourth-order valence-corrected chi connectivity index (χ4v) is 2.01. The van der Waals surface area contributed by atoms with E-state index in [2.05, 4.69) is 0 Å². The smallest absolute Gasteiger partial charge is 0.444 e. The molecule has 0 spiro atoms. The number of hydrogen-bond donors (Lipinski definition) is 0. The van der Waals surface area contributed by atoms with E-state index in [9.17, 15) is 0 Å². The highest BCUT2D eigenvalue weighted by Gasteiger charge is 2.39. The standard InChI is InChI=1S/C3H6O2.Al.ClH.H2O/c1-2-3(4)5;;;/h3H,2H2,1H3;;1H;1H2/q-2;+3;;/p-1. The van der Waals surface area contributed by atoms with Crippen molar-refractivity contribution in [3.8, 4) is 0 Å². The predicted molar refractivity (Wildman–Crippen MR) is 31.5 cm³/mol. The molecule has 5 heteroatoms. The molecule has 0 saturated carbocycles. The van der Waals surface area contributed by atoms with Gasteiger partial charge in [0.15, 0.2) is 0 Å². The maximum atomic E-state index is 5.42. The minimum absolute atomic E-state index is 0. The van der Waals surface area contributed by atoms with Crippen LogP contribution in [0.5, 0.6) is 0 Å². The molecule has 0 unspecified atom stereocenters. The molecule has 0 bridgehead atoms. The van der Waals surface area contributed by atoms with E-state index in [4.69, 9.17) is 17.6 Å². The lowest BCUT2D eigenvalue weighted by Crippen LogP contribution is -2.40. The van der Waals surface area contributed by atoms with Crippen molar-refractivity contribution in [2.24, 2.45) is 0 Å². The fraction of sp³-hybridized carbons (Fsp3) is 1.00. The van der Waals surface area contributed by atoms with E-state index in [0.717, 1.165) is 6.42 Å². The van der Waals surface area contributed by atoms with Gasteiger partial charge in [0, 0.05) is 0 Å². The van der Waals surface area contributed by atoms with E-state index in [1.807, 2.05) is 6.92 Å². The van der Waals surface area contributed by atoms with Gasteiger partial charge < -0.3 is 13.1 Å². The maximum absolute atomic E-state index is 5.42. The minimum Gasteiger partial charge on any atom is -0.444 e. The van der Waals surface area contributed by atoms with Gasteiger partial charge in [-0.15, -0.1) is 0 Å². The largest absolute Gasteiger partial charge is 0.816 e. The van der Waals surface area contributed by atoms with Crippen molar-refractivity contribution >= 4 is 23.9 Å². The lowest BCUT2D eigenvalue weighted by molar-refractivity contribution is -0.103. The summed E-state index contributed by atoms with van der Waals surface area (Å²) < 4.78 is 9.94. The molecular weight excluding hydrogens is 146 g/mol. The van der Waals surface area contributed by atoms with E-state index in [0.29, 0.717) is 0 Å². The predicted octanol–water partition coefficient (Wildman–Crippen LogP) is 0.168. The van der Waals surface area contributed by atoms with Gasteiger partial charge in [-0.3, -0.25) is 0 Å². The Balaban J connectivity index is 0.000000490. The topological polar surface area (TPSA) is 50.0 Å². The minimum atomic E-state index is -1.57. The molecule has 8 heavy (non-hydrogen) atoms. The summed E-state index contributed by atoms with van der Waals surface area (Å²) in [5.41, 5.74) is 0. The van der Waals surface area contributed by atoms with Crippen molar-refractivity contribution in [1.82, 2.24) is 0 Å². The van der Waals surface area contributed by atoms with Crippen LogP contribution < -0.4 is 0 Å². The van der Waals surface area contributed by atoms with Gasteiger partial charge in [0.2, 0.25) is 0 Å². The summed E-state index contributed by atoms with van der Waals surface area (Å²) in [6.07, 6.45) is 0.935. The highest BCUT2D eigenvalue weighted by molar-refractivity contribution is 7.00. The number of rotatable bonds is 1. The van der Waals surface area contributed by atoms with Crippen LogP contribution in [0.15, 0.2) is 0 Å². The van der Waals surface area contributed by atoms with Crippen LogP contribution in [-0.4, -0.2) is 25.7 Å². The molecular formula is C3H8AlClO3. The van der Waals surface area contributed by atoms with Crippen LogP contribution in [0.2, 0.25) is 0 Å². The molecule has 1 saturated heterocycles. The molecule has 0 aromatic carbocycles. The molecule has 48 valence electrons. The zero-order valence-corrected chi connectivity index (χ0v) is 6.47. The molecule has 2 N–H and O–H groups in total. The van der Waals surface area contributed by atoms with Crippen LogP contribution in [-0.2, 0) is 7.58 Å². The quantitative estimate of drug-likeness (QED) is 0.506. The monoisotopic (exact) mass is 154 g/mol. The summed E-state index contributed by atoms with van der Waals surface area (Å²) in [6, 6.07) is 0. The lowest BCUT2D eigenvalue weighted by Gasteiger charge is -2.29. The SMILES string of the molecule is CCC1[O][Al]([Cl])[O]1.O. The highest BCUT2D eigenvalue weighted by atomic mass is 35.6. The average molecular weight is 155 g/mol. The van der Waals surface area contributed by atoms with Gasteiger partial charge in [-0.1, -0.05) is 6.92 Å². The van der Waals surface area contributed by atoms with Crippen molar-refractivity contribution in [3.05, 3.63) is 0 Å². The van der Waals surface area contributed by atoms with E-state index in [-0.39, 0.29) is 11.8 Å². The van der Waals surface area contributed by atoms with Crippen molar-refractivity contribution in [2.75, 3.05) is 0 Å². The first-order chi connectivity index (χ1) is 3.33. The Labute approximate surface area is 57.1 Å². The second-order valence-corrected chi connectivity index (χ2v) is 3.55. The Morgan fingerprint density at radius 2 is 2.12 bits per heavy atom.